The summed E-state index contributed by atoms with van der Waals surface area (Å²) in [6, 6.07) is 2.81. The van der Waals surface area contributed by atoms with Gasteiger partial charge in [0.05, 0.1) is 22.8 Å². The number of sulfonamides is 2. The van der Waals surface area contributed by atoms with Crippen LogP contribution in [0, 0.1) is 17.1 Å². The van der Waals surface area contributed by atoms with E-state index in [1.165, 1.54) is 19.9 Å². The summed E-state index contributed by atoms with van der Waals surface area (Å²) in [6.45, 7) is 2.38. The highest BCUT2D eigenvalue weighted by atomic mass is 32.3. The molecule has 0 atom stereocenters. The molecule has 1 N–H and O–H groups in total. The second kappa shape index (κ2) is 7.52. The van der Waals surface area contributed by atoms with Gasteiger partial charge in [-0.3, -0.25) is 9.78 Å². The molecular formula is C14H14FN5O6S2. The Hall–Kier alpha value is -3.05. The molecule has 14 heteroatoms. The zero-order valence-corrected chi connectivity index (χ0v) is 16.2. The maximum Gasteiger partial charge on any atom is 0.349 e. The zero-order valence-electron chi connectivity index (χ0n) is 14.6. The fraction of sp³-hybridized carbons (Fsp3) is 0.286. The number of hydrogen-bond acceptors (Lipinski definition) is 8. The molecule has 150 valence electrons. The van der Waals surface area contributed by atoms with E-state index in [0.29, 0.717) is 23.0 Å². The van der Waals surface area contributed by atoms with Crippen LogP contribution < -0.4 is 15.0 Å². The first-order chi connectivity index (χ1) is 13.0. The molecule has 0 bridgehead atoms. The van der Waals surface area contributed by atoms with Gasteiger partial charge in [0.25, 0.3) is 5.56 Å². The molecule has 0 aliphatic heterocycles. The van der Waals surface area contributed by atoms with E-state index < -0.39 is 65.6 Å². The van der Waals surface area contributed by atoms with E-state index in [9.17, 15) is 36.1 Å². The number of benzene rings is 1. The standard InChI is InChI=1S/C14H14FN5O6S2/c1-3-27(23,24)20(28(25,26)4-2)11-6-12(10(15)5-9(11)7-16)19-14(22)18-13(21)8-17-19/h5-6,8H,3-4H2,1-2H3,(H,18,21,22). The lowest BCUT2D eigenvalue weighted by Gasteiger charge is -2.24. The fourth-order valence-electron chi connectivity index (χ4n) is 2.19. The van der Waals surface area contributed by atoms with Gasteiger partial charge in [-0.05, 0) is 26.0 Å². The summed E-state index contributed by atoms with van der Waals surface area (Å²) in [5.41, 5.74) is -3.92. The van der Waals surface area contributed by atoms with Crippen LogP contribution in [0.1, 0.15) is 19.4 Å². The van der Waals surface area contributed by atoms with Crippen LogP contribution in [-0.2, 0) is 20.0 Å². The Kier molecular flexibility index (Phi) is 5.71. The Morgan fingerprint density at radius 2 is 1.75 bits per heavy atom. The molecule has 0 fully saturated rings. The van der Waals surface area contributed by atoms with E-state index in [0.717, 1.165) is 0 Å². The number of aromatic nitrogens is 3. The Bertz CT molecular complexity index is 1260. The lowest BCUT2D eigenvalue weighted by Crippen LogP contribution is -2.39. The molecule has 2 aromatic rings. The normalized spacial score (nSPS) is 11.8. The van der Waals surface area contributed by atoms with Crippen LogP contribution in [0.4, 0.5) is 10.1 Å². The fourth-order valence-corrected chi connectivity index (χ4v) is 5.57. The number of aromatic amines is 1. The van der Waals surface area contributed by atoms with Gasteiger partial charge in [0.2, 0.25) is 20.0 Å². The van der Waals surface area contributed by atoms with Crippen LogP contribution >= 0.6 is 0 Å². The van der Waals surface area contributed by atoms with E-state index in [1.54, 1.807) is 0 Å². The number of H-pyrrole nitrogens is 1. The van der Waals surface area contributed by atoms with E-state index in [2.05, 4.69) is 5.10 Å². The minimum atomic E-state index is -4.44. The molecular weight excluding hydrogens is 417 g/mol. The van der Waals surface area contributed by atoms with Gasteiger partial charge in [-0.15, -0.1) is 0 Å². The third-order valence-corrected chi connectivity index (χ3v) is 7.78. The van der Waals surface area contributed by atoms with Crippen LogP contribution in [0.2, 0.25) is 0 Å². The quantitative estimate of drug-likeness (QED) is 0.636. The molecule has 0 spiro atoms. The van der Waals surface area contributed by atoms with Crippen LogP contribution in [0.3, 0.4) is 0 Å². The predicted octanol–water partition coefficient (Wildman–Crippen LogP) is -0.563. The molecule has 0 aliphatic carbocycles. The first-order valence-corrected chi connectivity index (χ1v) is 10.9. The summed E-state index contributed by atoms with van der Waals surface area (Å²) in [4.78, 5) is 24.9. The highest BCUT2D eigenvalue weighted by Gasteiger charge is 2.34. The average molecular weight is 431 g/mol. The van der Waals surface area contributed by atoms with E-state index in [1.807, 2.05) is 4.98 Å². The number of nitrogens with one attached hydrogen (secondary N) is 1. The van der Waals surface area contributed by atoms with Gasteiger partial charge in [0, 0.05) is 0 Å². The van der Waals surface area contributed by atoms with Crippen molar-refractivity contribution in [1.29, 1.82) is 5.26 Å². The van der Waals surface area contributed by atoms with E-state index in [4.69, 9.17) is 0 Å². The molecule has 0 unspecified atom stereocenters. The zero-order chi connectivity index (χ0) is 21.3. The minimum absolute atomic E-state index is 0.0399. The highest BCUT2D eigenvalue weighted by Crippen LogP contribution is 2.30. The van der Waals surface area contributed by atoms with Gasteiger partial charge in [-0.25, -0.2) is 26.0 Å². The average Bonchev–Trinajstić information content (AvgIpc) is 2.63. The van der Waals surface area contributed by atoms with Crippen LogP contribution in [0.15, 0.2) is 27.9 Å². The highest BCUT2D eigenvalue weighted by molar-refractivity contribution is 8.10. The Labute approximate surface area is 158 Å². The maximum atomic E-state index is 14.4. The summed E-state index contributed by atoms with van der Waals surface area (Å²) in [7, 11) is -8.88. The van der Waals surface area contributed by atoms with Gasteiger partial charge in [-0.2, -0.15) is 18.8 Å². The lowest BCUT2D eigenvalue weighted by atomic mass is 10.1. The number of nitrogens with zero attached hydrogens (tertiary/aromatic N) is 4. The first kappa shape index (κ1) is 21.3. The first-order valence-electron chi connectivity index (χ1n) is 7.67. The van der Waals surface area contributed by atoms with Crippen molar-refractivity contribution < 1.29 is 21.2 Å². The number of rotatable bonds is 6. The van der Waals surface area contributed by atoms with Crippen molar-refractivity contribution in [1.82, 2.24) is 14.8 Å². The van der Waals surface area contributed by atoms with Crippen molar-refractivity contribution in [3.05, 3.63) is 50.5 Å². The van der Waals surface area contributed by atoms with Crippen molar-refractivity contribution in [3.8, 4) is 11.8 Å². The summed E-state index contributed by atoms with van der Waals surface area (Å²) >= 11 is 0. The van der Waals surface area contributed by atoms with Crippen molar-refractivity contribution >= 4 is 25.7 Å². The third kappa shape index (κ3) is 3.80. The SMILES string of the molecule is CCS(=O)(=O)N(c1cc(-n2ncc(=O)[nH]c2=O)c(F)cc1C#N)S(=O)(=O)CC. The third-order valence-electron chi connectivity index (χ3n) is 3.56. The van der Waals surface area contributed by atoms with Crippen LogP contribution in [-0.4, -0.2) is 43.1 Å². The topological polar surface area (TPSA) is 163 Å². The lowest BCUT2D eigenvalue weighted by molar-refractivity contribution is 0.584. The monoisotopic (exact) mass is 431 g/mol. The summed E-state index contributed by atoms with van der Waals surface area (Å²) in [5, 5.41) is 12.7. The molecule has 0 saturated carbocycles. The molecule has 0 saturated heterocycles. The number of anilines is 1. The summed E-state index contributed by atoms with van der Waals surface area (Å²) in [6.07, 6.45) is 0.669. The Morgan fingerprint density at radius 1 is 1.18 bits per heavy atom. The molecule has 1 aromatic heterocycles. The molecule has 1 aromatic carbocycles. The van der Waals surface area contributed by atoms with Gasteiger partial charge < -0.3 is 0 Å². The van der Waals surface area contributed by atoms with Gasteiger partial charge in [0.1, 0.15) is 18.0 Å². The van der Waals surface area contributed by atoms with E-state index >= 15 is 0 Å². The van der Waals surface area contributed by atoms with Crippen molar-refractivity contribution in [2.75, 3.05) is 15.2 Å². The van der Waals surface area contributed by atoms with Gasteiger partial charge in [0.15, 0.2) is 5.82 Å². The van der Waals surface area contributed by atoms with Gasteiger partial charge >= 0.3 is 5.69 Å². The summed E-state index contributed by atoms with van der Waals surface area (Å²) in [5.74, 6) is -2.41. The molecule has 0 amide bonds. The number of halogens is 1. The maximum absolute atomic E-state index is 14.4. The number of hydrogen-bond donors (Lipinski definition) is 1. The van der Waals surface area contributed by atoms with Crippen molar-refractivity contribution in [2.24, 2.45) is 0 Å². The molecule has 2 rings (SSSR count). The molecule has 0 aliphatic rings. The minimum Gasteiger partial charge on any atom is -0.271 e. The smallest absolute Gasteiger partial charge is 0.271 e. The van der Waals surface area contributed by atoms with Gasteiger partial charge in [-0.1, -0.05) is 0 Å². The Morgan fingerprint density at radius 3 is 2.21 bits per heavy atom. The van der Waals surface area contributed by atoms with Crippen molar-refractivity contribution in [2.45, 2.75) is 13.8 Å². The largest absolute Gasteiger partial charge is 0.349 e. The Balaban J connectivity index is 2.95. The van der Waals surface area contributed by atoms with E-state index in [-0.39, 0.29) is 3.71 Å². The van der Waals surface area contributed by atoms with Crippen molar-refractivity contribution in [3.63, 3.8) is 0 Å². The van der Waals surface area contributed by atoms with Crippen LogP contribution in [0.25, 0.3) is 5.69 Å². The molecule has 28 heavy (non-hydrogen) atoms. The molecule has 0 radical (unpaired) electrons. The molecule has 11 nitrogen and oxygen atoms in total. The second-order valence-corrected chi connectivity index (χ2v) is 9.73. The summed E-state index contributed by atoms with van der Waals surface area (Å²) < 4.78 is 64.6. The predicted molar refractivity (Wildman–Crippen MR) is 96.5 cm³/mol. The number of nitriles is 1. The second-order valence-electron chi connectivity index (χ2n) is 5.28. The van der Waals surface area contributed by atoms with Crippen LogP contribution in [0.5, 0.6) is 0 Å². The molecule has 1 heterocycles.